The van der Waals surface area contributed by atoms with Crippen molar-refractivity contribution in [3.05, 3.63) is 39.4 Å². The van der Waals surface area contributed by atoms with Crippen molar-refractivity contribution in [2.75, 3.05) is 0 Å². The Morgan fingerprint density at radius 3 is 2.60 bits per heavy atom. The van der Waals surface area contributed by atoms with Gasteiger partial charge in [0.05, 0.1) is 4.92 Å². The second-order valence-electron chi connectivity index (χ2n) is 4.36. The molecule has 0 aliphatic carbocycles. The zero-order chi connectivity index (χ0) is 15.3. The van der Waals surface area contributed by atoms with Gasteiger partial charge in [-0.1, -0.05) is 19.4 Å². The lowest BCUT2D eigenvalue weighted by Gasteiger charge is -2.14. The maximum atomic E-state index is 12.0. The number of nitrogens with zero attached hydrogens (tertiary/aromatic N) is 1. The van der Waals surface area contributed by atoms with E-state index in [1.165, 1.54) is 25.1 Å². The van der Waals surface area contributed by atoms with Crippen LogP contribution in [0.15, 0.2) is 18.2 Å². The van der Waals surface area contributed by atoms with Gasteiger partial charge in [0.15, 0.2) is 0 Å². The topological polar surface area (TPSA) is 110 Å². The van der Waals surface area contributed by atoms with Crippen molar-refractivity contribution in [1.29, 1.82) is 0 Å². The minimum atomic E-state index is -1.12. The molecule has 1 aromatic carbocycles. The van der Waals surface area contributed by atoms with Crippen molar-refractivity contribution < 1.29 is 19.6 Å². The molecular weight excluding hydrogens is 264 g/mol. The summed E-state index contributed by atoms with van der Waals surface area (Å²) in [5.41, 5.74) is 0.164. The van der Waals surface area contributed by atoms with E-state index in [9.17, 15) is 19.7 Å². The van der Waals surface area contributed by atoms with Crippen molar-refractivity contribution in [3.8, 4) is 0 Å². The first kappa shape index (κ1) is 15.6. The van der Waals surface area contributed by atoms with Gasteiger partial charge in [-0.15, -0.1) is 0 Å². The molecule has 7 nitrogen and oxygen atoms in total. The molecule has 0 aliphatic rings. The Bertz CT molecular complexity index is 542. The van der Waals surface area contributed by atoms with Gasteiger partial charge < -0.3 is 10.4 Å². The van der Waals surface area contributed by atoms with Gasteiger partial charge in [0.25, 0.3) is 11.6 Å². The molecule has 0 unspecified atom stereocenters. The standard InChI is InChI=1S/C13H16N2O5/c1-3-5-10(13(17)18)14-12(16)9-6-4-7-11(8(9)2)15(19)20/h4,6-7,10H,3,5H2,1-2H3,(H,14,16)(H,17,18)/t10-/m0/s1. The molecule has 7 heteroatoms. The van der Waals surface area contributed by atoms with Crippen molar-refractivity contribution in [2.24, 2.45) is 0 Å². The smallest absolute Gasteiger partial charge is 0.326 e. The summed E-state index contributed by atoms with van der Waals surface area (Å²) in [7, 11) is 0. The summed E-state index contributed by atoms with van der Waals surface area (Å²) in [6, 6.07) is 3.14. The van der Waals surface area contributed by atoms with Crippen LogP contribution in [0.2, 0.25) is 0 Å². The van der Waals surface area contributed by atoms with Crippen LogP contribution in [-0.4, -0.2) is 27.9 Å². The fraction of sp³-hybridized carbons (Fsp3) is 0.385. The van der Waals surface area contributed by atoms with Crippen LogP contribution in [0, 0.1) is 17.0 Å². The second kappa shape index (κ2) is 6.65. The Morgan fingerprint density at radius 2 is 2.10 bits per heavy atom. The Morgan fingerprint density at radius 1 is 1.45 bits per heavy atom. The van der Waals surface area contributed by atoms with E-state index < -0.39 is 22.8 Å². The lowest BCUT2D eigenvalue weighted by atomic mass is 10.1. The molecule has 2 N–H and O–H groups in total. The fourth-order valence-corrected chi connectivity index (χ4v) is 1.85. The van der Waals surface area contributed by atoms with Crippen LogP contribution in [0.5, 0.6) is 0 Å². The van der Waals surface area contributed by atoms with Crippen LogP contribution in [0.1, 0.15) is 35.7 Å². The molecule has 1 amide bonds. The predicted octanol–water partition coefficient (Wildman–Crippen LogP) is 1.89. The quantitative estimate of drug-likeness (QED) is 0.610. The molecule has 1 rings (SSSR count). The van der Waals surface area contributed by atoms with Gasteiger partial charge in [-0.2, -0.15) is 0 Å². The van der Waals surface area contributed by atoms with E-state index in [0.717, 1.165) is 0 Å². The van der Waals surface area contributed by atoms with Crippen LogP contribution < -0.4 is 5.32 Å². The normalized spacial score (nSPS) is 11.7. The Balaban J connectivity index is 3.00. The highest BCUT2D eigenvalue weighted by Crippen LogP contribution is 2.21. The molecule has 0 heterocycles. The maximum absolute atomic E-state index is 12.0. The highest BCUT2D eigenvalue weighted by atomic mass is 16.6. The highest BCUT2D eigenvalue weighted by molar-refractivity contribution is 5.98. The summed E-state index contributed by atoms with van der Waals surface area (Å²) in [4.78, 5) is 33.3. The number of nitrogens with one attached hydrogen (secondary N) is 1. The molecule has 0 saturated heterocycles. The second-order valence-corrected chi connectivity index (χ2v) is 4.36. The number of rotatable bonds is 6. The van der Waals surface area contributed by atoms with Gasteiger partial charge in [0.1, 0.15) is 6.04 Å². The molecule has 0 aliphatic heterocycles. The fourth-order valence-electron chi connectivity index (χ4n) is 1.85. The Hall–Kier alpha value is -2.44. The first-order valence-electron chi connectivity index (χ1n) is 6.16. The summed E-state index contributed by atoms with van der Waals surface area (Å²) in [6.45, 7) is 3.27. The number of carbonyl (C=O) groups is 2. The van der Waals surface area contributed by atoms with Crippen molar-refractivity contribution in [3.63, 3.8) is 0 Å². The molecule has 20 heavy (non-hydrogen) atoms. The third-order valence-electron chi connectivity index (χ3n) is 2.93. The number of carboxylic acids is 1. The van der Waals surface area contributed by atoms with E-state index in [0.29, 0.717) is 12.8 Å². The van der Waals surface area contributed by atoms with Crippen LogP contribution >= 0.6 is 0 Å². The molecule has 1 atom stereocenters. The van der Waals surface area contributed by atoms with Gasteiger partial charge >= 0.3 is 5.97 Å². The maximum Gasteiger partial charge on any atom is 0.326 e. The van der Waals surface area contributed by atoms with Crippen molar-refractivity contribution in [2.45, 2.75) is 32.7 Å². The van der Waals surface area contributed by atoms with Crippen LogP contribution in [-0.2, 0) is 4.79 Å². The molecule has 0 radical (unpaired) electrons. The molecule has 0 saturated carbocycles. The number of nitro benzene ring substituents is 1. The third kappa shape index (κ3) is 3.53. The minimum absolute atomic E-state index is 0.113. The first-order valence-corrected chi connectivity index (χ1v) is 6.16. The lowest BCUT2D eigenvalue weighted by molar-refractivity contribution is -0.385. The summed E-state index contributed by atoms with van der Waals surface area (Å²) in [5.74, 6) is -1.74. The summed E-state index contributed by atoms with van der Waals surface area (Å²) >= 11 is 0. The molecule has 0 bridgehead atoms. The van der Waals surface area contributed by atoms with Crippen molar-refractivity contribution in [1.82, 2.24) is 5.32 Å². The number of nitro groups is 1. The zero-order valence-corrected chi connectivity index (χ0v) is 11.3. The Kier molecular flexibility index (Phi) is 5.19. The summed E-state index contributed by atoms with van der Waals surface area (Å²) < 4.78 is 0. The largest absolute Gasteiger partial charge is 0.480 e. The monoisotopic (exact) mass is 280 g/mol. The molecule has 0 aromatic heterocycles. The number of amides is 1. The van der Waals surface area contributed by atoms with E-state index in [1.807, 2.05) is 0 Å². The van der Waals surface area contributed by atoms with Gasteiger partial charge in [-0.3, -0.25) is 14.9 Å². The molecule has 0 fully saturated rings. The van der Waals surface area contributed by atoms with E-state index in [-0.39, 0.29) is 16.8 Å². The van der Waals surface area contributed by atoms with Crippen LogP contribution in [0.4, 0.5) is 5.69 Å². The summed E-state index contributed by atoms with van der Waals surface area (Å²) in [6.07, 6.45) is 0.903. The first-order chi connectivity index (χ1) is 9.38. The van der Waals surface area contributed by atoms with E-state index in [1.54, 1.807) is 6.92 Å². The minimum Gasteiger partial charge on any atom is -0.480 e. The average molecular weight is 280 g/mol. The van der Waals surface area contributed by atoms with E-state index in [4.69, 9.17) is 5.11 Å². The number of hydrogen-bond acceptors (Lipinski definition) is 4. The number of aliphatic carboxylic acids is 1. The SMILES string of the molecule is CCC[C@H](NC(=O)c1cccc([N+](=O)[O-])c1C)C(=O)O. The van der Waals surface area contributed by atoms with Gasteiger partial charge in [0.2, 0.25) is 0 Å². The number of carboxylic acid groups (broad SMARTS) is 1. The number of benzene rings is 1. The zero-order valence-electron chi connectivity index (χ0n) is 11.3. The van der Waals surface area contributed by atoms with E-state index >= 15 is 0 Å². The molecular formula is C13H16N2O5. The van der Waals surface area contributed by atoms with Gasteiger partial charge in [0, 0.05) is 17.2 Å². The van der Waals surface area contributed by atoms with Crippen LogP contribution in [0.25, 0.3) is 0 Å². The highest BCUT2D eigenvalue weighted by Gasteiger charge is 2.23. The van der Waals surface area contributed by atoms with Gasteiger partial charge in [-0.25, -0.2) is 4.79 Å². The number of carbonyl (C=O) groups excluding carboxylic acids is 1. The van der Waals surface area contributed by atoms with Crippen molar-refractivity contribution >= 4 is 17.6 Å². The molecule has 1 aromatic rings. The third-order valence-corrected chi connectivity index (χ3v) is 2.93. The Labute approximate surface area is 115 Å². The van der Waals surface area contributed by atoms with E-state index in [2.05, 4.69) is 5.32 Å². The number of hydrogen-bond donors (Lipinski definition) is 2. The lowest BCUT2D eigenvalue weighted by Crippen LogP contribution is -2.40. The summed E-state index contributed by atoms with van der Waals surface area (Å²) in [5, 5.41) is 22.2. The molecule has 0 spiro atoms. The predicted molar refractivity (Wildman–Crippen MR) is 71.6 cm³/mol. The van der Waals surface area contributed by atoms with Crippen LogP contribution in [0.3, 0.4) is 0 Å². The average Bonchev–Trinajstić information content (AvgIpc) is 2.37. The molecule has 108 valence electrons. The van der Waals surface area contributed by atoms with Gasteiger partial charge in [-0.05, 0) is 19.4 Å².